The second-order valence-corrected chi connectivity index (χ2v) is 8.02. The Kier molecular flexibility index (Phi) is 3.77. The number of benzene rings is 1. The van der Waals surface area contributed by atoms with E-state index >= 15 is 0 Å². The molecule has 0 aliphatic heterocycles. The predicted octanol–water partition coefficient (Wildman–Crippen LogP) is 3.82. The molecule has 4 aliphatic carbocycles. The summed E-state index contributed by atoms with van der Waals surface area (Å²) in [5.74, 6) is 0.356. The Labute approximate surface area is 140 Å². The molecular weight excluding hydrogens is 312 g/mol. The minimum absolute atomic E-state index is 0.0719. The summed E-state index contributed by atoms with van der Waals surface area (Å²) in [6, 6.07) is 3.32. The number of halogens is 2. The standard InChI is InChI=1S/C19H23F2NO2/c1-11(24-15-2-3-16(20)17(21)7-15)18(23)22-19-8-12-4-13(9-19)6-14(5-12)10-19/h2-3,7,11-14H,4-6,8-10H2,1H3,(H,22,23). The first kappa shape index (κ1) is 15.9. The number of carbonyl (C=O) groups is 1. The zero-order valence-corrected chi connectivity index (χ0v) is 13.9. The molecule has 24 heavy (non-hydrogen) atoms. The van der Waals surface area contributed by atoms with E-state index in [1.165, 1.54) is 25.3 Å². The quantitative estimate of drug-likeness (QED) is 0.908. The van der Waals surface area contributed by atoms with Crippen LogP contribution in [0.15, 0.2) is 18.2 Å². The van der Waals surface area contributed by atoms with Crippen molar-refractivity contribution in [3.63, 3.8) is 0 Å². The van der Waals surface area contributed by atoms with Crippen LogP contribution in [0.25, 0.3) is 0 Å². The maximum atomic E-state index is 13.3. The Morgan fingerprint density at radius 1 is 1.12 bits per heavy atom. The summed E-state index contributed by atoms with van der Waals surface area (Å²) in [7, 11) is 0. The molecular formula is C19H23F2NO2. The van der Waals surface area contributed by atoms with Crippen LogP contribution in [0.3, 0.4) is 0 Å². The topological polar surface area (TPSA) is 38.3 Å². The summed E-state index contributed by atoms with van der Waals surface area (Å²) in [5.41, 5.74) is -0.0719. The number of hydrogen-bond acceptors (Lipinski definition) is 2. The normalized spacial score (nSPS) is 34.9. The van der Waals surface area contributed by atoms with Gasteiger partial charge in [-0.1, -0.05) is 0 Å². The van der Waals surface area contributed by atoms with E-state index in [2.05, 4.69) is 5.32 Å². The summed E-state index contributed by atoms with van der Waals surface area (Å²) >= 11 is 0. The van der Waals surface area contributed by atoms with Gasteiger partial charge in [0.15, 0.2) is 17.7 Å². The fourth-order valence-electron chi connectivity index (χ4n) is 5.43. The van der Waals surface area contributed by atoms with E-state index in [0.717, 1.165) is 49.1 Å². The van der Waals surface area contributed by atoms with Crippen LogP contribution in [0.4, 0.5) is 8.78 Å². The molecule has 1 aromatic carbocycles. The van der Waals surface area contributed by atoms with Gasteiger partial charge in [0.05, 0.1) is 0 Å². The van der Waals surface area contributed by atoms with Gasteiger partial charge in [-0.25, -0.2) is 8.78 Å². The second kappa shape index (κ2) is 5.71. The van der Waals surface area contributed by atoms with Gasteiger partial charge in [0, 0.05) is 11.6 Å². The summed E-state index contributed by atoms with van der Waals surface area (Å²) in [5, 5.41) is 3.24. The number of rotatable bonds is 4. The molecule has 5 rings (SSSR count). The minimum Gasteiger partial charge on any atom is -0.481 e. The zero-order chi connectivity index (χ0) is 16.9. The van der Waals surface area contributed by atoms with Crippen LogP contribution in [0.1, 0.15) is 45.4 Å². The van der Waals surface area contributed by atoms with Crippen molar-refractivity contribution in [2.24, 2.45) is 17.8 Å². The van der Waals surface area contributed by atoms with Crippen molar-refractivity contribution in [1.29, 1.82) is 0 Å². The van der Waals surface area contributed by atoms with E-state index in [-0.39, 0.29) is 17.2 Å². The Hall–Kier alpha value is -1.65. The average molecular weight is 335 g/mol. The van der Waals surface area contributed by atoms with Gasteiger partial charge in [-0.2, -0.15) is 0 Å². The molecule has 4 fully saturated rings. The molecule has 0 saturated heterocycles. The first-order valence-corrected chi connectivity index (χ1v) is 8.86. The van der Waals surface area contributed by atoms with Crippen molar-refractivity contribution in [1.82, 2.24) is 5.32 Å². The third-order valence-corrected chi connectivity index (χ3v) is 6.00. The Morgan fingerprint density at radius 3 is 2.25 bits per heavy atom. The number of nitrogens with one attached hydrogen (secondary N) is 1. The first-order valence-electron chi connectivity index (χ1n) is 8.86. The highest BCUT2D eigenvalue weighted by Crippen LogP contribution is 2.55. The van der Waals surface area contributed by atoms with Gasteiger partial charge in [-0.15, -0.1) is 0 Å². The van der Waals surface area contributed by atoms with E-state index < -0.39 is 17.7 Å². The smallest absolute Gasteiger partial charge is 0.261 e. The lowest BCUT2D eigenvalue weighted by Crippen LogP contribution is -2.61. The summed E-state index contributed by atoms with van der Waals surface area (Å²) in [4.78, 5) is 12.6. The fourth-order valence-corrected chi connectivity index (χ4v) is 5.43. The fraction of sp³-hybridized carbons (Fsp3) is 0.632. The lowest BCUT2D eigenvalue weighted by molar-refractivity contribution is -0.133. The maximum Gasteiger partial charge on any atom is 0.261 e. The highest BCUT2D eigenvalue weighted by Gasteiger charge is 2.51. The highest BCUT2D eigenvalue weighted by molar-refractivity contribution is 5.81. The van der Waals surface area contributed by atoms with Gasteiger partial charge >= 0.3 is 0 Å². The highest BCUT2D eigenvalue weighted by atomic mass is 19.2. The number of hydrogen-bond donors (Lipinski definition) is 1. The van der Waals surface area contributed by atoms with Crippen LogP contribution in [0, 0.1) is 29.4 Å². The van der Waals surface area contributed by atoms with E-state index in [1.807, 2.05) is 0 Å². The van der Waals surface area contributed by atoms with Crippen LogP contribution in [0.5, 0.6) is 5.75 Å². The van der Waals surface area contributed by atoms with Crippen molar-refractivity contribution >= 4 is 5.91 Å². The van der Waals surface area contributed by atoms with Crippen LogP contribution < -0.4 is 10.1 Å². The second-order valence-electron chi connectivity index (χ2n) is 8.02. The van der Waals surface area contributed by atoms with Gasteiger partial charge in [0.25, 0.3) is 5.91 Å². The van der Waals surface area contributed by atoms with Gasteiger partial charge in [-0.3, -0.25) is 4.79 Å². The van der Waals surface area contributed by atoms with Gasteiger partial charge in [0.2, 0.25) is 0 Å². The van der Waals surface area contributed by atoms with E-state index in [0.29, 0.717) is 0 Å². The SMILES string of the molecule is CC(Oc1ccc(F)c(F)c1)C(=O)NC12CC3CC(CC(C3)C1)C2. The van der Waals surface area contributed by atoms with Crippen molar-refractivity contribution < 1.29 is 18.3 Å². The Bertz CT molecular complexity index is 625. The molecule has 1 atom stereocenters. The summed E-state index contributed by atoms with van der Waals surface area (Å²) in [6.07, 6.45) is 6.43. The maximum absolute atomic E-state index is 13.3. The molecule has 1 N–H and O–H groups in total. The molecule has 5 heteroatoms. The summed E-state index contributed by atoms with van der Waals surface area (Å²) in [6.45, 7) is 1.65. The van der Waals surface area contributed by atoms with Gasteiger partial charge < -0.3 is 10.1 Å². The molecule has 4 bridgehead atoms. The molecule has 0 aromatic heterocycles. The molecule has 1 unspecified atom stereocenters. The molecule has 130 valence electrons. The molecule has 0 radical (unpaired) electrons. The van der Waals surface area contributed by atoms with E-state index in [4.69, 9.17) is 4.74 Å². The molecule has 1 amide bonds. The third-order valence-electron chi connectivity index (χ3n) is 6.00. The van der Waals surface area contributed by atoms with Crippen LogP contribution in [-0.2, 0) is 4.79 Å². The molecule has 4 saturated carbocycles. The predicted molar refractivity (Wildman–Crippen MR) is 85.5 cm³/mol. The Morgan fingerprint density at radius 2 is 1.71 bits per heavy atom. The number of carbonyl (C=O) groups excluding carboxylic acids is 1. The third kappa shape index (κ3) is 2.89. The van der Waals surface area contributed by atoms with E-state index in [1.54, 1.807) is 6.92 Å². The summed E-state index contributed by atoms with van der Waals surface area (Å²) < 4.78 is 31.7. The van der Waals surface area contributed by atoms with Crippen LogP contribution >= 0.6 is 0 Å². The van der Waals surface area contributed by atoms with Crippen LogP contribution in [0.2, 0.25) is 0 Å². The number of ether oxygens (including phenoxy) is 1. The van der Waals surface area contributed by atoms with Gasteiger partial charge in [0.1, 0.15) is 5.75 Å². The lowest BCUT2D eigenvalue weighted by atomic mass is 9.53. The largest absolute Gasteiger partial charge is 0.481 e. The van der Waals surface area contributed by atoms with Gasteiger partial charge in [-0.05, 0) is 75.3 Å². The van der Waals surface area contributed by atoms with Crippen LogP contribution in [-0.4, -0.2) is 17.6 Å². The van der Waals surface area contributed by atoms with Crippen molar-refractivity contribution in [2.75, 3.05) is 0 Å². The van der Waals surface area contributed by atoms with E-state index in [9.17, 15) is 13.6 Å². The van der Waals surface area contributed by atoms with Crippen molar-refractivity contribution in [3.8, 4) is 5.75 Å². The zero-order valence-electron chi connectivity index (χ0n) is 13.9. The number of amides is 1. The molecule has 0 heterocycles. The average Bonchev–Trinajstić information content (AvgIpc) is 2.49. The molecule has 0 spiro atoms. The Balaban J connectivity index is 1.41. The minimum atomic E-state index is -0.971. The van der Waals surface area contributed by atoms with Crippen molar-refractivity contribution in [3.05, 3.63) is 29.8 Å². The molecule has 1 aromatic rings. The first-order chi connectivity index (χ1) is 11.4. The van der Waals surface area contributed by atoms with Crippen molar-refractivity contribution in [2.45, 2.75) is 57.1 Å². The molecule has 3 nitrogen and oxygen atoms in total. The lowest BCUT2D eigenvalue weighted by Gasteiger charge is -2.57. The monoisotopic (exact) mass is 335 g/mol. The molecule has 4 aliphatic rings.